The minimum atomic E-state index is -0.390. The van der Waals surface area contributed by atoms with Crippen LogP contribution in [-0.2, 0) is 14.3 Å². The zero-order valence-corrected chi connectivity index (χ0v) is 18.6. The number of allylic oxidation sites excluding steroid dienone is 1. The molecule has 2 rings (SSSR count). The Hall–Kier alpha value is -0.620. The molecule has 0 spiro atoms. The molecule has 2 aliphatic carbocycles. The molecule has 0 aromatic heterocycles. The summed E-state index contributed by atoms with van der Waals surface area (Å²) in [6.07, 6.45) is 13.0. The molecule has 5 atom stereocenters. The van der Waals surface area contributed by atoms with E-state index in [0.29, 0.717) is 25.6 Å². The average Bonchev–Trinajstić information content (AvgIpc) is 3.00. The number of hydrogen-bond acceptors (Lipinski definition) is 5. The number of rotatable bonds is 12. The molecule has 0 unspecified atom stereocenters. The minimum absolute atomic E-state index is 0.0354. The summed E-state index contributed by atoms with van der Waals surface area (Å²) in [5.74, 6) is 0.423. The van der Waals surface area contributed by atoms with Gasteiger partial charge in [-0.1, -0.05) is 38.3 Å². The first kappa shape index (κ1) is 24.6. The molecule has 2 fully saturated rings. The second kappa shape index (κ2) is 13.6. The molecule has 0 heterocycles. The van der Waals surface area contributed by atoms with Gasteiger partial charge in [-0.15, -0.1) is 11.6 Å². The SMILES string of the molecule is CCCOC(=O)COCC=CC[C@@H]1[C@@H](CC[C@@H](O)C2CCCCC2)[C@H](O)C[C@H]1Cl. The van der Waals surface area contributed by atoms with Crippen molar-refractivity contribution in [1.82, 2.24) is 0 Å². The number of ether oxygens (including phenoxy) is 2. The van der Waals surface area contributed by atoms with Gasteiger partial charge in [0.1, 0.15) is 6.61 Å². The summed E-state index contributed by atoms with van der Waals surface area (Å²) in [5.41, 5.74) is 0. The molecule has 0 aromatic rings. The highest BCUT2D eigenvalue weighted by Crippen LogP contribution is 2.42. The van der Waals surface area contributed by atoms with Gasteiger partial charge in [0.2, 0.25) is 0 Å². The fraction of sp³-hybridized carbons (Fsp3) is 0.870. The molecule has 0 amide bonds. The van der Waals surface area contributed by atoms with Crippen LogP contribution in [0.4, 0.5) is 0 Å². The standard InChI is InChI=1S/C23H39ClO5/c1-2-13-29-23(27)16-28-14-7-6-10-18-19(22(26)15-20(18)24)11-12-21(25)17-8-4-3-5-9-17/h6-7,17-22,25-26H,2-5,8-16H2,1H3/t18-,19-,20-,21-,22-/m1/s1. The fourth-order valence-electron chi connectivity index (χ4n) is 4.77. The van der Waals surface area contributed by atoms with Gasteiger partial charge >= 0.3 is 5.97 Å². The van der Waals surface area contributed by atoms with Gasteiger partial charge in [-0.25, -0.2) is 4.79 Å². The normalized spacial score (nSPS) is 29.4. The molecule has 2 saturated carbocycles. The zero-order valence-electron chi connectivity index (χ0n) is 17.8. The number of aliphatic hydroxyl groups excluding tert-OH is 2. The number of carbonyl (C=O) groups is 1. The predicted octanol–water partition coefficient (Wildman–Crippen LogP) is 4.23. The van der Waals surface area contributed by atoms with Crippen LogP contribution in [0.1, 0.15) is 71.1 Å². The third kappa shape index (κ3) is 8.56. The highest BCUT2D eigenvalue weighted by molar-refractivity contribution is 6.21. The Labute approximate surface area is 180 Å². The lowest BCUT2D eigenvalue weighted by Crippen LogP contribution is -2.26. The van der Waals surface area contributed by atoms with E-state index in [2.05, 4.69) is 0 Å². The summed E-state index contributed by atoms with van der Waals surface area (Å²) in [5, 5.41) is 21.0. The van der Waals surface area contributed by atoms with Gasteiger partial charge < -0.3 is 19.7 Å². The van der Waals surface area contributed by atoms with Crippen molar-refractivity contribution in [2.75, 3.05) is 19.8 Å². The lowest BCUT2D eigenvalue weighted by atomic mass is 9.81. The second-order valence-corrected chi connectivity index (χ2v) is 9.19. The van der Waals surface area contributed by atoms with E-state index >= 15 is 0 Å². The van der Waals surface area contributed by atoms with Crippen LogP contribution in [0, 0.1) is 17.8 Å². The first-order valence-corrected chi connectivity index (χ1v) is 11.8. The van der Waals surface area contributed by atoms with Crippen LogP contribution in [0.15, 0.2) is 12.2 Å². The van der Waals surface area contributed by atoms with Gasteiger partial charge in [-0.2, -0.15) is 0 Å². The van der Waals surface area contributed by atoms with E-state index in [1.807, 2.05) is 19.1 Å². The first-order valence-electron chi connectivity index (χ1n) is 11.4. The number of halogens is 1. The summed E-state index contributed by atoms with van der Waals surface area (Å²) in [7, 11) is 0. The van der Waals surface area contributed by atoms with E-state index in [1.54, 1.807) is 0 Å². The molecule has 0 radical (unpaired) electrons. The van der Waals surface area contributed by atoms with Gasteiger partial charge in [0.15, 0.2) is 0 Å². The summed E-state index contributed by atoms with van der Waals surface area (Å²) in [4.78, 5) is 11.4. The Morgan fingerprint density at radius 3 is 2.69 bits per heavy atom. The van der Waals surface area contributed by atoms with E-state index in [9.17, 15) is 15.0 Å². The second-order valence-electron chi connectivity index (χ2n) is 8.63. The number of esters is 1. The van der Waals surface area contributed by atoms with Crippen molar-refractivity contribution in [3.63, 3.8) is 0 Å². The maximum atomic E-state index is 11.4. The summed E-state index contributed by atoms with van der Waals surface area (Å²) >= 11 is 6.51. The molecule has 5 nitrogen and oxygen atoms in total. The van der Waals surface area contributed by atoms with Gasteiger partial charge in [-0.3, -0.25) is 0 Å². The molecule has 0 aliphatic heterocycles. The number of carbonyl (C=O) groups excluding carboxylic acids is 1. The Morgan fingerprint density at radius 2 is 1.97 bits per heavy atom. The largest absolute Gasteiger partial charge is 0.464 e. The maximum Gasteiger partial charge on any atom is 0.332 e. The third-order valence-electron chi connectivity index (χ3n) is 6.44. The molecule has 0 aromatic carbocycles. The lowest BCUT2D eigenvalue weighted by molar-refractivity contribution is -0.148. The van der Waals surface area contributed by atoms with E-state index in [4.69, 9.17) is 21.1 Å². The number of alkyl halides is 1. The van der Waals surface area contributed by atoms with Crippen molar-refractivity contribution < 1.29 is 24.5 Å². The lowest BCUT2D eigenvalue weighted by Gasteiger charge is -2.29. The van der Waals surface area contributed by atoms with Crippen molar-refractivity contribution >= 4 is 17.6 Å². The highest BCUT2D eigenvalue weighted by atomic mass is 35.5. The molecule has 0 saturated heterocycles. The molecule has 6 heteroatoms. The molecule has 2 aliphatic rings. The minimum Gasteiger partial charge on any atom is -0.464 e. The van der Waals surface area contributed by atoms with Crippen LogP contribution in [0.2, 0.25) is 0 Å². The van der Waals surface area contributed by atoms with Crippen LogP contribution < -0.4 is 0 Å². The van der Waals surface area contributed by atoms with Crippen molar-refractivity contribution in [2.24, 2.45) is 17.8 Å². The Bertz CT molecular complexity index is 492. The topological polar surface area (TPSA) is 76.0 Å². The number of aliphatic hydroxyl groups is 2. The van der Waals surface area contributed by atoms with Crippen molar-refractivity contribution in [2.45, 2.75) is 88.7 Å². The predicted molar refractivity (Wildman–Crippen MR) is 115 cm³/mol. The van der Waals surface area contributed by atoms with Crippen LogP contribution in [-0.4, -0.2) is 53.6 Å². The molecule has 0 bridgehead atoms. The van der Waals surface area contributed by atoms with Crippen LogP contribution in [0.25, 0.3) is 0 Å². The molecule has 29 heavy (non-hydrogen) atoms. The van der Waals surface area contributed by atoms with Crippen molar-refractivity contribution in [3.8, 4) is 0 Å². The molecule has 168 valence electrons. The third-order valence-corrected chi connectivity index (χ3v) is 6.94. The van der Waals surface area contributed by atoms with E-state index < -0.39 is 0 Å². The molecular formula is C23H39ClO5. The molecule has 2 N–H and O–H groups in total. The average molecular weight is 431 g/mol. The van der Waals surface area contributed by atoms with E-state index in [0.717, 1.165) is 38.5 Å². The quantitative estimate of drug-likeness (QED) is 0.210. The summed E-state index contributed by atoms with van der Waals surface area (Å²) < 4.78 is 10.3. The van der Waals surface area contributed by atoms with E-state index in [1.165, 1.54) is 19.3 Å². The summed E-state index contributed by atoms with van der Waals surface area (Å²) in [6, 6.07) is 0. The zero-order chi connectivity index (χ0) is 21.1. The number of hydrogen-bond donors (Lipinski definition) is 2. The Morgan fingerprint density at radius 1 is 1.21 bits per heavy atom. The summed E-state index contributed by atoms with van der Waals surface area (Å²) in [6.45, 7) is 2.70. The fourth-order valence-corrected chi connectivity index (χ4v) is 5.24. The van der Waals surface area contributed by atoms with Crippen LogP contribution in [0.5, 0.6) is 0 Å². The Kier molecular flexibility index (Phi) is 11.6. The van der Waals surface area contributed by atoms with Crippen molar-refractivity contribution in [3.05, 3.63) is 12.2 Å². The molecular weight excluding hydrogens is 392 g/mol. The van der Waals surface area contributed by atoms with Gasteiger partial charge in [-0.05, 0) is 62.7 Å². The van der Waals surface area contributed by atoms with Crippen LogP contribution in [0.3, 0.4) is 0 Å². The van der Waals surface area contributed by atoms with Gasteiger partial charge in [0.25, 0.3) is 0 Å². The monoisotopic (exact) mass is 430 g/mol. The maximum absolute atomic E-state index is 11.4. The van der Waals surface area contributed by atoms with Crippen molar-refractivity contribution in [1.29, 1.82) is 0 Å². The van der Waals surface area contributed by atoms with Gasteiger partial charge in [0, 0.05) is 5.38 Å². The van der Waals surface area contributed by atoms with Gasteiger partial charge in [0.05, 0.1) is 25.4 Å². The van der Waals surface area contributed by atoms with Crippen LogP contribution >= 0.6 is 11.6 Å². The Balaban J connectivity index is 1.70. The van der Waals surface area contributed by atoms with E-state index in [-0.39, 0.29) is 42.0 Å². The highest BCUT2D eigenvalue weighted by Gasteiger charge is 2.40. The first-order chi connectivity index (χ1) is 14.0. The smallest absolute Gasteiger partial charge is 0.332 e.